The fraction of sp³-hybridized carbons (Fsp3) is 0.150. The van der Waals surface area contributed by atoms with Gasteiger partial charge in [0.1, 0.15) is 0 Å². The van der Waals surface area contributed by atoms with Crippen LogP contribution in [0.3, 0.4) is 0 Å². The normalized spacial score (nSPS) is 17.7. The molecule has 0 heterocycles. The minimum atomic E-state index is -0.00833. The van der Waals surface area contributed by atoms with E-state index in [1.165, 1.54) is 21.9 Å². The molecule has 0 fully saturated rings. The van der Waals surface area contributed by atoms with E-state index in [2.05, 4.69) is 36.4 Å². The van der Waals surface area contributed by atoms with E-state index in [-0.39, 0.29) is 11.7 Å². The second-order valence-electron chi connectivity index (χ2n) is 5.68. The van der Waals surface area contributed by atoms with Crippen LogP contribution in [0.1, 0.15) is 33.8 Å². The number of hydrogen-bond acceptors (Lipinski definition) is 1. The second kappa shape index (κ2) is 4.85. The van der Waals surface area contributed by atoms with Gasteiger partial charge >= 0.3 is 0 Å². The molecule has 3 aromatic rings. The lowest BCUT2D eigenvalue weighted by Crippen LogP contribution is -2.21. The topological polar surface area (TPSA) is 17.1 Å². The highest BCUT2D eigenvalue weighted by Crippen LogP contribution is 2.35. The Bertz CT molecular complexity index is 827. The maximum absolute atomic E-state index is 12.9. The van der Waals surface area contributed by atoms with Crippen LogP contribution in [0.5, 0.6) is 0 Å². The Morgan fingerprint density at radius 3 is 2.52 bits per heavy atom. The van der Waals surface area contributed by atoms with Crippen molar-refractivity contribution >= 4 is 16.6 Å². The van der Waals surface area contributed by atoms with Crippen LogP contribution in [0.4, 0.5) is 0 Å². The number of carbonyl (C=O) groups is 1. The molecule has 0 aromatic heterocycles. The molecule has 0 bridgehead atoms. The number of hydrogen-bond donors (Lipinski definition) is 0. The Morgan fingerprint density at radius 1 is 0.810 bits per heavy atom. The van der Waals surface area contributed by atoms with Gasteiger partial charge in [0.05, 0.1) is 0 Å². The van der Waals surface area contributed by atoms with Crippen molar-refractivity contribution in [3.8, 4) is 0 Å². The number of benzene rings is 3. The molecule has 1 heteroatoms. The fourth-order valence-corrected chi connectivity index (χ4v) is 3.45. The van der Waals surface area contributed by atoms with E-state index >= 15 is 0 Å². The molecule has 0 spiro atoms. The van der Waals surface area contributed by atoms with Crippen molar-refractivity contribution in [1.29, 1.82) is 0 Å². The van der Waals surface area contributed by atoms with Crippen molar-refractivity contribution in [3.05, 3.63) is 83.4 Å². The summed E-state index contributed by atoms with van der Waals surface area (Å²) in [6, 6.07) is 22.6. The number of aryl methyl sites for hydroxylation is 1. The number of Topliss-reactive ketones (excluding diaryl/α,β-unsaturated/α-hetero) is 1. The van der Waals surface area contributed by atoms with Crippen LogP contribution in [-0.4, -0.2) is 5.78 Å². The lowest BCUT2D eigenvalue weighted by molar-refractivity contribution is 0.0947. The van der Waals surface area contributed by atoms with Gasteiger partial charge in [0.2, 0.25) is 0 Å². The Labute approximate surface area is 124 Å². The van der Waals surface area contributed by atoms with Gasteiger partial charge in [-0.15, -0.1) is 0 Å². The van der Waals surface area contributed by atoms with Gasteiger partial charge in [-0.3, -0.25) is 4.79 Å². The van der Waals surface area contributed by atoms with Crippen molar-refractivity contribution in [1.82, 2.24) is 0 Å². The van der Waals surface area contributed by atoms with Gasteiger partial charge in [0.15, 0.2) is 5.78 Å². The molecule has 1 aliphatic carbocycles. The molecule has 1 aliphatic rings. The van der Waals surface area contributed by atoms with Gasteiger partial charge < -0.3 is 0 Å². The molecule has 1 nitrogen and oxygen atoms in total. The summed E-state index contributed by atoms with van der Waals surface area (Å²) in [5, 5.41) is 2.42. The minimum Gasteiger partial charge on any atom is -0.293 e. The average molecular weight is 272 g/mol. The molecule has 0 unspecified atom stereocenters. The zero-order valence-corrected chi connectivity index (χ0v) is 11.8. The molecule has 0 N–H and O–H groups in total. The fourth-order valence-electron chi connectivity index (χ4n) is 3.45. The van der Waals surface area contributed by atoms with Crippen molar-refractivity contribution in [2.75, 3.05) is 0 Å². The summed E-state index contributed by atoms with van der Waals surface area (Å²) < 4.78 is 0. The summed E-state index contributed by atoms with van der Waals surface area (Å²) in [7, 11) is 0. The van der Waals surface area contributed by atoms with Crippen LogP contribution in [0, 0.1) is 0 Å². The third-order valence-electron chi connectivity index (χ3n) is 4.50. The van der Waals surface area contributed by atoms with Gasteiger partial charge in [-0.05, 0) is 34.7 Å². The molecule has 3 aromatic carbocycles. The lowest BCUT2D eigenvalue weighted by Gasteiger charge is -2.24. The van der Waals surface area contributed by atoms with Crippen LogP contribution in [0.25, 0.3) is 10.8 Å². The highest BCUT2D eigenvalue weighted by Gasteiger charge is 2.29. The van der Waals surface area contributed by atoms with E-state index in [1.54, 1.807) is 0 Å². The van der Waals surface area contributed by atoms with Gasteiger partial charge in [-0.2, -0.15) is 0 Å². The molecule has 1 atom stereocenters. The molecule has 0 saturated heterocycles. The van der Waals surface area contributed by atoms with Crippen molar-refractivity contribution < 1.29 is 4.79 Å². The summed E-state index contributed by atoms with van der Waals surface area (Å²) >= 11 is 0. The monoisotopic (exact) mass is 272 g/mol. The minimum absolute atomic E-state index is 0.00833. The highest BCUT2D eigenvalue weighted by molar-refractivity contribution is 6.05. The van der Waals surface area contributed by atoms with Crippen LogP contribution in [-0.2, 0) is 6.42 Å². The van der Waals surface area contributed by atoms with Crippen molar-refractivity contribution in [3.63, 3.8) is 0 Å². The van der Waals surface area contributed by atoms with Crippen LogP contribution < -0.4 is 0 Å². The van der Waals surface area contributed by atoms with Crippen molar-refractivity contribution in [2.45, 2.75) is 18.8 Å². The third-order valence-corrected chi connectivity index (χ3v) is 4.50. The smallest absolute Gasteiger partial charge is 0.170 e. The first-order valence-electron chi connectivity index (χ1n) is 7.44. The Hall–Kier alpha value is -2.41. The first-order chi connectivity index (χ1) is 10.3. The molecule has 0 radical (unpaired) electrons. The highest BCUT2D eigenvalue weighted by atomic mass is 16.1. The third kappa shape index (κ3) is 1.97. The zero-order valence-electron chi connectivity index (χ0n) is 11.8. The number of ketones is 1. The summed E-state index contributed by atoms with van der Waals surface area (Å²) in [6.07, 6.45) is 1.89. The maximum atomic E-state index is 12.9. The summed E-state index contributed by atoms with van der Waals surface area (Å²) in [5.41, 5.74) is 3.27. The molecular formula is C20H16O. The SMILES string of the molecule is O=C1c2ccccc2CC[C@H]1c1cccc2ccccc12. The molecule has 0 saturated carbocycles. The van der Waals surface area contributed by atoms with Crippen LogP contribution in [0.2, 0.25) is 0 Å². The van der Waals surface area contributed by atoms with Crippen LogP contribution in [0.15, 0.2) is 66.7 Å². The van der Waals surface area contributed by atoms with Crippen molar-refractivity contribution in [2.24, 2.45) is 0 Å². The molecule has 4 rings (SSSR count). The number of carbonyl (C=O) groups excluding carboxylic acids is 1. The van der Waals surface area contributed by atoms with E-state index < -0.39 is 0 Å². The molecule has 21 heavy (non-hydrogen) atoms. The zero-order chi connectivity index (χ0) is 14.2. The average Bonchev–Trinajstić information content (AvgIpc) is 2.55. The first kappa shape index (κ1) is 12.3. The van der Waals surface area contributed by atoms with Crippen LogP contribution >= 0.6 is 0 Å². The second-order valence-corrected chi connectivity index (χ2v) is 5.68. The van der Waals surface area contributed by atoms with E-state index in [0.29, 0.717) is 0 Å². The Kier molecular flexibility index (Phi) is 2.85. The number of fused-ring (bicyclic) bond motifs is 2. The lowest BCUT2D eigenvalue weighted by atomic mass is 9.78. The maximum Gasteiger partial charge on any atom is 0.170 e. The molecule has 102 valence electrons. The Balaban J connectivity index is 1.86. The number of rotatable bonds is 1. The van der Waals surface area contributed by atoms with E-state index in [4.69, 9.17) is 0 Å². The summed E-state index contributed by atoms with van der Waals surface area (Å²) in [6.45, 7) is 0. The molecule has 0 amide bonds. The molecule has 0 aliphatic heterocycles. The van der Waals surface area contributed by atoms with E-state index in [0.717, 1.165) is 18.4 Å². The molecular weight excluding hydrogens is 256 g/mol. The van der Waals surface area contributed by atoms with Gasteiger partial charge in [-0.1, -0.05) is 66.7 Å². The van der Waals surface area contributed by atoms with E-state index in [9.17, 15) is 4.79 Å². The largest absolute Gasteiger partial charge is 0.293 e. The van der Waals surface area contributed by atoms with Gasteiger partial charge in [-0.25, -0.2) is 0 Å². The summed E-state index contributed by atoms with van der Waals surface area (Å²) in [5.74, 6) is 0.263. The quantitative estimate of drug-likeness (QED) is 0.624. The summed E-state index contributed by atoms with van der Waals surface area (Å²) in [4.78, 5) is 12.9. The van der Waals surface area contributed by atoms with Gasteiger partial charge in [0, 0.05) is 11.5 Å². The first-order valence-corrected chi connectivity index (χ1v) is 7.44. The predicted molar refractivity (Wildman–Crippen MR) is 85.8 cm³/mol. The predicted octanol–water partition coefficient (Wildman–Crippen LogP) is 4.75. The Morgan fingerprint density at radius 2 is 1.57 bits per heavy atom. The standard InChI is InChI=1S/C20H16O/c21-20-17-10-4-2-7-15(17)12-13-19(20)18-11-5-8-14-6-1-3-9-16(14)18/h1-11,19H,12-13H2/t19-/m0/s1. The van der Waals surface area contributed by atoms with Gasteiger partial charge in [0.25, 0.3) is 0 Å². The van der Waals surface area contributed by atoms with E-state index in [1.807, 2.05) is 30.3 Å².